The molecule has 0 fully saturated rings. The number of rotatable bonds is 3. The number of amidine groups is 1. The van der Waals surface area contributed by atoms with E-state index in [1.165, 1.54) is 0 Å². The third kappa shape index (κ3) is 5.11. The molecule has 0 unspecified atom stereocenters. The molecule has 0 radical (unpaired) electrons. The topological polar surface area (TPSA) is 57.4 Å². The van der Waals surface area contributed by atoms with E-state index in [4.69, 9.17) is 10.00 Å². The molecule has 0 aliphatic heterocycles. The van der Waals surface area contributed by atoms with Gasteiger partial charge in [-0.15, -0.1) is 0 Å². The lowest BCUT2D eigenvalue weighted by Crippen LogP contribution is -2.12. The number of alkyl halides is 3. The van der Waals surface area contributed by atoms with Gasteiger partial charge in [-0.1, -0.05) is 11.8 Å². The first-order valence-corrected chi connectivity index (χ1v) is 9.09. The van der Waals surface area contributed by atoms with Gasteiger partial charge < -0.3 is 4.74 Å². The zero-order valence-electron chi connectivity index (χ0n) is 13.7. The summed E-state index contributed by atoms with van der Waals surface area (Å²) < 4.78 is 84.8. The minimum Gasteiger partial charge on any atom is -0.448 e. The van der Waals surface area contributed by atoms with Crippen LogP contribution in [0, 0.1) is 28.9 Å². The normalized spacial score (nSPS) is 11.9. The first kappa shape index (κ1) is 21.9. The Morgan fingerprint density at radius 3 is 2.25 bits per heavy atom. The second-order valence-corrected chi connectivity index (χ2v) is 6.61. The molecule has 0 bridgehead atoms. The summed E-state index contributed by atoms with van der Waals surface area (Å²) >= 11 is 3.93. The van der Waals surface area contributed by atoms with Crippen molar-refractivity contribution in [1.29, 1.82) is 5.26 Å². The molecule has 0 spiro atoms. The van der Waals surface area contributed by atoms with Crippen molar-refractivity contribution in [2.24, 2.45) is 4.99 Å². The van der Waals surface area contributed by atoms with Gasteiger partial charge in [-0.25, -0.2) is 18.2 Å². The molecule has 2 aromatic rings. The fraction of sp³-hybridized carbons (Fsp3) is 0.125. The summed E-state index contributed by atoms with van der Waals surface area (Å²) in [7, 11) is 0. The molecule has 1 N–H and O–H groups in total. The second-order valence-electron chi connectivity index (χ2n) is 4.96. The highest BCUT2D eigenvalue weighted by Crippen LogP contribution is 2.42. The van der Waals surface area contributed by atoms with Crippen LogP contribution in [-0.4, -0.2) is 11.4 Å². The number of hydrogen-bond donors (Lipinski definition) is 1. The van der Waals surface area contributed by atoms with Gasteiger partial charge in [0.15, 0.2) is 34.5 Å². The van der Waals surface area contributed by atoms with Crippen LogP contribution >= 0.6 is 27.7 Å². The van der Waals surface area contributed by atoms with E-state index in [1.807, 2.05) is 0 Å². The minimum absolute atomic E-state index is 0.0122. The predicted octanol–water partition coefficient (Wildman–Crippen LogP) is 6.10. The minimum atomic E-state index is -4.96. The third-order valence-corrected chi connectivity index (χ3v) is 4.27. The van der Waals surface area contributed by atoms with Crippen LogP contribution in [0.5, 0.6) is 11.5 Å². The number of aliphatic imine (C=N–C) groups is 1. The van der Waals surface area contributed by atoms with Crippen molar-refractivity contribution in [3.05, 3.63) is 51.8 Å². The quantitative estimate of drug-likeness (QED) is 0.188. The van der Waals surface area contributed by atoms with Crippen molar-refractivity contribution in [3.63, 3.8) is 0 Å². The van der Waals surface area contributed by atoms with Crippen LogP contribution in [0.15, 0.2) is 33.7 Å². The Bertz CT molecular complexity index is 951. The summed E-state index contributed by atoms with van der Waals surface area (Å²) in [6.45, 7) is 0. The molecule has 2 aromatic carbocycles. The molecule has 12 heteroatoms. The van der Waals surface area contributed by atoms with Gasteiger partial charge >= 0.3 is 6.18 Å². The maximum absolute atomic E-state index is 14.1. The Labute approximate surface area is 167 Å². The van der Waals surface area contributed by atoms with E-state index < -0.39 is 34.9 Å². The smallest absolute Gasteiger partial charge is 0.416 e. The summed E-state index contributed by atoms with van der Waals surface area (Å²) in [6, 6.07) is 1.91. The number of nitrogens with one attached hydrogen (secondary N) is 1. The molecule has 0 amide bonds. The lowest BCUT2D eigenvalue weighted by Gasteiger charge is -2.14. The predicted molar refractivity (Wildman–Crippen MR) is 94.9 cm³/mol. The van der Waals surface area contributed by atoms with Crippen LogP contribution in [0.25, 0.3) is 0 Å². The lowest BCUT2D eigenvalue weighted by atomic mass is 10.2. The Kier molecular flexibility index (Phi) is 6.84. The molecule has 0 heterocycles. The SMILES string of the molecule is CSC(=Nc1cc(F)cc(Br)c1Oc1c(F)cc(C(F)(F)F)cc1F)NC#N. The van der Waals surface area contributed by atoms with Crippen molar-refractivity contribution in [1.82, 2.24) is 5.32 Å². The molecule has 0 aromatic heterocycles. The van der Waals surface area contributed by atoms with Crippen molar-refractivity contribution < 1.29 is 31.1 Å². The number of nitrogens with zero attached hydrogens (tertiary/aromatic N) is 2. The number of ether oxygens (including phenoxy) is 1. The molecule has 28 heavy (non-hydrogen) atoms. The fourth-order valence-corrected chi connectivity index (χ4v) is 2.78. The molecule has 0 aliphatic carbocycles. The monoisotopic (exact) mass is 483 g/mol. The van der Waals surface area contributed by atoms with Gasteiger partial charge in [0, 0.05) is 6.07 Å². The van der Waals surface area contributed by atoms with Gasteiger partial charge in [0.05, 0.1) is 10.0 Å². The number of thioether (sulfide) groups is 1. The van der Waals surface area contributed by atoms with Crippen molar-refractivity contribution in [2.75, 3.05) is 6.26 Å². The zero-order valence-corrected chi connectivity index (χ0v) is 16.1. The van der Waals surface area contributed by atoms with E-state index in [9.17, 15) is 26.3 Å². The maximum atomic E-state index is 14.1. The lowest BCUT2D eigenvalue weighted by molar-refractivity contribution is -0.138. The van der Waals surface area contributed by atoms with Crippen LogP contribution < -0.4 is 10.1 Å². The first-order chi connectivity index (χ1) is 13.1. The van der Waals surface area contributed by atoms with Crippen LogP contribution in [0.2, 0.25) is 0 Å². The fourth-order valence-electron chi connectivity index (χ4n) is 1.94. The van der Waals surface area contributed by atoms with Crippen LogP contribution in [0.1, 0.15) is 5.56 Å². The largest absolute Gasteiger partial charge is 0.448 e. The first-order valence-electron chi connectivity index (χ1n) is 7.07. The zero-order chi connectivity index (χ0) is 21.1. The van der Waals surface area contributed by atoms with E-state index >= 15 is 0 Å². The summed E-state index contributed by atoms with van der Waals surface area (Å²) in [5.41, 5.74) is -1.80. The van der Waals surface area contributed by atoms with Crippen molar-refractivity contribution in [3.8, 4) is 17.7 Å². The van der Waals surface area contributed by atoms with E-state index in [0.717, 1.165) is 23.9 Å². The molecule has 0 saturated carbocycles. The van der Waals surface area contributed by atoms with Gasteiger partial charge in [0.2, 0.25) is 0 Å². The highest BCUT2D eigenvalue weighted by Gasteiger charge is 2.33. The second kappa shape index (κ2) is 8.74. The Morgan fingerprint density at radius 2 is 1.75 bits per heavy atom. The van der Waals surface area contributed by atoms with Gasteiger partial charge in [0.25, 0.3) is 0 Å². The van der Waals surface area contributed by atoms with Gasteiger partial charge in [0.1, 0.15) is 11.5 Å². The van der Waals surface area contributed by atoms with Gasteiger partial charge in [-0.2, -0.15) is 18.4 Å². The number of benzene rings is 2. The highest BCUT2D eigenvalue weighted by atomic mass is 79.9. The highest BCUT2D eigenvalue weighted by molar-refractivity contribution is 9.10. The number of halogens is 7. The third-order valence-electron chi connectivity index (χ3n) is 3.10. The van der Waals surface area contributed by atoms with Crippen molar-refractivity contribution in [2.45, 2.75) is 6.18 Å². The molecule has 0 atom stereocenters. The Morgan fingerprint density at radius 1 is 1.14 bits per heavy atom. The standard InChI is InChI=1S/C16H8BrF6N3OS/c1-28-15(25-6-24)26-12-5-8(18)4-9(17)13(12)27-14-10(19)2-7(3-11(14)20)16(21,22)23/h2-5H,1H3,(H,25,26). The average molecular weight is 484 g/mol. The summed E-state index contributed by atoms with van der Waals surface area (Å²) in [5, 5.41) is 10.9. The molecular formula is C16H8BrF6N3OS. The van der Waals surface area contributed by atoms with E-state index in [1.54, 1.807) is 12.4 Å². The number of hydrogen-bond acceptors (Lipinski definition) is 4. The van der Waals surface area contributed by atoms with Crippen LogP contribution in [-0.2, 0) is 6.18 Å². The molecule has 0 aliphatic rings. The van der Waals surface area contributed by atoms with Gasteiger partial charge in [-0.3, -0.25) is 5.32 Å². The van der Waals surface area contributed by atoms with E-state index in [0.29, 0.717) is 0 Å². The van der Waals surface area contributed by atoms with Gasteiger partial charge in [-0.05, 0) is 40.4 Å². The Hall–Kier alpha value is -2.39. The molecular weight excluding hydrogens is 476 g/mol. The summed E-state index contributed by atoms with van der Waals surface area (Å²) in [5.74, 6) is -5.51. The van der Waals surface area contributed by atoms with E-state index in [2.05, 4.69) is 26.2 Å². The van der Waals surface area contributed by atoms with Crippen LogP contribution in [0.3, 0.4) is 0 Å². The molecule has 148 valence electrons. The number of nitriles is 1. The Balaban J connectivity index is 2.57. The van der Waals surface area contributed by atoms with E-state index in [-0.39, 0.29) is 33.2 Å². The summed E-state index contributed by atoms with van der Waals surface area (Å²) in [6.07, 6.45) is -1.81. The molecule has 0 saturated heterocycles. The molecule has 2 rings (SSSR count). The average Bonchev–Trinajstić information content (AvgIpc) is 2.58. The summed E-state index contributed by atoms with van der Waals surface area (Å²) in [4.78, 5) is 3.93. The molecule has 4 nitrogen and oxygen atoms in total. The maximum Gasteiger partial charge on any atom is 0.416 e. The van der Waals surface area contributed by atoms with Crippen molar-refractivity contribution >= 4 is 38.5 Å². The van der Waals surface area contributed by atoms with Crippen LogP contribution in [0.4, 0.5) is 32.0 Å².